The Morgan fingerprint density at radius 2 is 1.82 bits per heavy atom. The minimum Gasteiger partial charge on any atom is -0.381 e. The maximum Gasteiger partial charge on any atom is 0.235 e. The highest BCUT2D eigenvalue weighted by Crippen LogP contribution is 2.42. The highest BCUT2D eigenvalue weighted by molar-refractivity contribution is 7.93. The van der Waals surface area contributed by atoms with Crippen LogP contribution in [-0.4, -0.2) is 44.5 Å². The second-order valence-corrected chi connectivity index (χ2v) is 11.5. The standard InChI is InChI=1S/C25H29N3O4S/c1-17(29)28-23-11-10-20(15-22(23)26-16-25(28,2)24(30)18-6-3-7-18)19-8-4-9-21(14-19)27-12-5-13-33(27,31)32/h4,8-11,14-15,18,26H,3,5-7,12-13,16H2,1-2H3/t25-/m0/s1. The molecule has 33 heavy (non-hydrogen) atoms. The first-order chi connectivity index (χ1) is 15.7. The van der Waals surface area contributed by atoms with E-state index in [9.17, 15) is 18.0 Å². The van der Waals surface area contributed by atoms with Gasteiger partial charge in [-0.1, -0.05) is 24.6 Å². The molecule has 8 heteroatoms. The number of benzene rings is 2. The number of anilines is 3. The molecular weight excluding hydrogens is 438 g/mol. The Labute approximate surface area is 194 Å². The second-order valence-electron chi connectivity index (χ2n) is 9.50. The number of fused-ring (bicyclic) bond motifs is 1. The number of carbonyl (C=O) groups is 2. The SMILES string of the molecule is CC(=O)N1c2ccc(-c3cccc(N4CCCS4(=O)=O)c3)cc2NC[C@@]1(C)C(=O)C1CCC1. The Morgan fingerprint density at radius 1 is 1.06 bits per heavy atom. The number of ketones is 1. The van der Waals surface area contributed by atoms with Gasteiger partial charge in [0.2, 0.25) is 15.9 Å². The Morgan fingerprint density at radius 3 is 2.45 bits per heavy atom. The summed E-state index contributed by atoms with van der Waals surface area (Å²) < 4.78 is 26.2. The third kappa shape index (κ3) is 3.60. The average molecular weight is 468 g/mol. The van der Waals surface area contributed by atoms with Crippen LogP contribution in [0, 0.1) is 5.92 Å². The van der Waals surface area contributed by atoms with Crippen LogP contribution in [0.3, 0.4) is 0 Å². The Balaban J connectivity index is 1.49. The number of rotatable bonds is 4. The van der Waals surface area contributed by atoms with Gasteiger partial charge in [0.15, 0.2) is 5.78 Å². The van der Waals surface area contributed by atoms with Gasteiger partial charge in [-0.05, 0) is 61.6 Å². The largest absolute Gasteiger partial charge is 0.381 e. The van der Waals surface area contributed by atoms with Crippen LogP contribution in [0.25, 0.3) is 11.1 Å². The van der Waals surface area contributed by atoms with Crippen molar-refractivity contribution in [2.45, 2.75) is 45.1 Å². The summed E-state index contributed by atoms with van der Waals surface area (Å²) in [5, 5.41) is 3.39. The summed E-state index contributed by atoms with van der Waals surface area (Å²) in [6.45, 7) is 4.23. The second kappa shape index (κ2) is 7.87. The van der Waals surface area contributed by atoms with Crippen LogP contribution in [0.2, 0.25) is 0 Å². The van der Waals surface area contributed by atoms with Crippen LogP contribution in [-0.2, 0) is 19.6 Å². The zero-order valence-electron chi connectivity index (χ0n) is 19.0. The van der Waals surface area contributed by atoms with Crippen LogP contribution >= 0.6 is 0 Å². The predicted molar refractivity (Wildman–Crippen MR) is 130 cm³/mol. The Bertz CT molecular complexity index is 1240. The monoisotopic (exact) mass is 467 g/mol. The molecule has 0 radical (unpaired) electrons. The van der Waals surface area contributed by atoms with Crippen molar-refractivity contribution in [3.05, 3.63) is 42.5 Å². The van der Waals surface area contributed by atoms with Crippen molar-refractivity contribution >= 4 is 38.8 Å². The zero-order chi connectivity index (χ0) is 23.4. The first-order valence-corrected chi connectivity index (χ1v) is 13.2. The molecule has 2 fully saturated rings. The maximum atomic E-state index is 13.2. The van der Waals surface area contributed by atoms with E-state index in [1.807, 2.05) is 49.4 Å². The molecule has 0 bridgehead atoms. The molecule has 0 unspecified atom stereocenters. The molecule has 174 valence electrons. The van der Waals surface area contributed by atoms with Crippen LogP contribution in [0.5, 0.6) is 0 Å². The first kappa shape index (κ1) is 21.9. The van der Waals surface area contributed by atoms with E-state index in [0.29, 0.717) is 30.9 Å². The summed E-state index contributed by atoms with van der Waals surface area (Å²) in [5.41, 5.74) is 3.06. The van der Waals surface area contributed by atoms with Crippen LogP contribution in [0.15, 0.2) is 42.5 Å². The van der Waals surface area contributed by atoms with Gasteiger partial charge in [-0.15, -0.1) is 0 Å². The minimum absolute atomic E-state index is 0.0316. The summed E-state index contributed by atoms with van der Waals surface area (Å²) in [5.74, 6) is 0.191. The lowest BCUT2D eigenvalue weighted by Gasteiger charge is -2.47. The molecule has 7 nitrogen and oxygen atoms in total. The smallest absolute Gasteiger partial charge is 0.235 e. The van der Waals surface area contributed by atoms with E-state index in [1.165, 1.54) is 11.2 Å². The van der Waals surface area contributed by atoms with E-state index in [0.717, 1.165) is 36.1 Å². The number of carbonyl (C=O) groups excluding carboxylic acids is 2. The van der Waals surface area contributed by atoms with Crippen molar-refractivity contribution in [1.29, 1.82) is 0 Å². The number of hydrogen-bond donors (Lipinski definition) is 1. The molecule has 1 amide bonds. The summed E-state index contributed by atoms with van der Waals surface area (Å²) in [6.07, 6.45) is 3.50. The van der Waals surface area contributed by atoms with Gasteiger partial charge in [0.05, 0.1) is 22.8 Å². The number of nitrogens with zero attached hydrogens (tertiary/aromatic N) is 2. The van der Waals surface area contributed by atoms with Crippen molar-refractivity contribution < 1.29 is 18.0 Å². The molecule has 2 heterocycles. The average Bonchev–Trinajstić information content (AvgIpc) is 3.10. The van der Waals surface area contributed by atoms with Gasteiger partial charge >= 0.3 is 0 Å². The van der Waals surface area contributed by atoms with Gasteiger partial charge in [-0.3, -0.25) is 18.8 Å². The third-order valence-corrected chi connectivity index (χ3v) is 9.11. The molecule has 0 aromatic heterocycles. The lowest BCUT2D eigenvalue weighted by molar-refractivity contribution is -0.132. The van der Waals surface area contributed by atoms with E-state index in [2.05, 4.69) is 5.32 Å². The van der Waals surface area contributed by atoms with Gasteiger partial charge in [-0.25, -0.2) is 8.42 Å². The van der Waals surface area contributed by atoms with Crippen molar-refractivity contribution in [3.63, 3.8) is 0 Å². The zero-order valence-corrected chi connectivity index (χ0v) is 19.8. The molecule has 1 saturated carbocycles. The molecule has 2 aliphatic heterocycles. The molecule has 1 atom stereocenters. The minimum atomic E-state index is -3.25. The number of sulfonamides is 1. The summed E-state index contributed by atoms with van der Waals surface area (Å²) >= 11 is 0. The molecule has 1 saturated heterocycles. The molecule has 2 aromatic carbocycles. The van der Waals surface area contributed by atoms with Gasteiger partial charge in [-0.2, -0.15) is 0 Å². The van der Waals surface area contributed by atoms with Gasteiger partial charge in [0.1, 0.15) is 5.54 Å². The number of nitrogens with one attached hydrogen (secondary N) is 1. The van der Waals surface area contributed by atoms with Crippen molar-refractivity contribution in [3.8, 4) is 11.1 Å². The maximum absolute atomic E-state index is 13.2. The van der Waals surface area contributed by atoms with E-state index < -0.39 is 15.6 Å². The molecule has 1 N–H and O–H groups in total. The fourth-order valence-corrected chi connectivity index (χ4v) is 6.82. The Kier molecular flexibility index (Phi) is 5.23. The van der Waals surface area contributed by atoms with Crippen molar-refractivity contribution in [1.82, 2.24) is 0 Å². The Hall–Kier alpha value is -2.87. The normalized spacial score (nSPS) is 24.1. The quantitative estimate of drug-likeness (QED) is 0.739. The third-order valence-electron chi connectivity index (χ3n) is 7.24. The van der Waals surface area contributed by atoms with E-state index in [-0.39, 0.29) is 23.4 Å². The van der Waals surface area contributed by atoms with E-state index >= 15 is 0 Å². The summed E-state index contributed by atoms with van der Waals surface area (Å²) in [6, 6.07) is 13.3. The van der Waals surface area contributed by atoms with Gasteiger partial charge < -0.3 is 5.32 Å². The summed E-state index contributed by atoms with van der Waals surface area (Å²) in [4.78, 5) is 27.6. The molecule has 0 spiro atoms. The summed E-state index contributed by atoms with van der Waals surface area (Å²) in [7, 11) is -3.25. The number of amides is 1. The van der Waals surface area contributed by atoms with Crippen molar-refractivity contribution in [2.75, 3.05) is 33.4 Å². The fourth-order valence-electron chi connectivity index (χ4n) is 5.26. The lowest BCUT2D eigenvalue weighted by Crippen LogP contribution is -2.63. The molecule has 1 aliphatic carbocycles. The molecule has 2 aromatic rings. The highest BCUT2D eigenvalue weighted by Gasteiger charge is 2.48. The van der Waals surface area contributed by atoms with Crippen LogP contribution in [0.4, 0.5) is 17.1 Å². The van der Waals surface area contributed by atoms with Gasteiger partial charge in [0.25, 0.3) is 0 Å². The molecule has 3 aliphatic rings. The van der Waals surface area contributed by atoms with Gasteiger partial charge in [0, 0.05) is 25.9 Å². The first-order valence-electron chi connectivity index (χ1n) is 11.5. The van der Waals surface area contributed by atoms with Crippen LogP contribution < -0.4 is 14.5 Å². The van der Waals surface area contributed by atoms with Crippen molar-refractivity contribution in [2.24, 2.45) is 5.92 Å². The van der Waals surface area contributed by atoms with E-state index in [1.54, 1.807) is 4.90 Å². The number of Topliss-reactive ketones (excluding diaryl/α,β-unsaturated/α-hetero) is 1. The van der Waals surface area contributed by atoms with Crippen LogP contribution in [0.1, 0.15) is 39.5 Å². The number of hydrogen-bond acceptors (Lipinski definition) is 5. The highest BCUT2D eigenvalue weighted by atomic mass is 32.2. The lowest BCUT2D eigenvalue weighted by atomic mass is 9.73. The fraction of sp³-hybridized carbons (Fsp3) is 0.440. The van der Waals surface area contributed by atoms with E-state index in [4.69, 9.17) is 0 Å². The topological polar surface area (TPSA) is 86.8 Å². The predicted octanol–water partition coefficient (Wildman–Crippen LogP) is 3.80. The molecule has 5 rings (SSSR count). The molecular formula is C25H29N3O4S.